The zero-order valence-corrected chi connectivity index (χ0v) is 18.9. The third kappa shape index (κ3) is 5.66. The van der Waals surface area contributed by atoms with E-state index in [1.165, 1.54) is 22.7 Å². The van der Waals surface area contributed by atoms with Crippen molar-refractivity contribution in [2.45, 2.75) is 45.6 Å². The highest BCUT2D eigenvalue weighted by Crippen LogP contribution is 2.31. The molecule has 2 amide bonds. The van der Waals surface area contributed by atoms with Crippen LogP contribution in [-0.2, 0) is 38.5 Å². The molecule has 2 aliphatic rings. The number of anilines is 2. The van der Waals surface area contributed by atoms with E-state index in [0.29, 0.717) is 29.1 Å². The number of aromatic nitrogens is 2. The Morgan fingerprint density at radius 1 is 1.23 bits per heavy atom. The van der Waals surface area contributed by atoms with Gasteiger partial charge in [-0.05, 0) is 19.8 Å². The van der Waals surface area contributed by atoms with Crippen molar-refractivity contribution in [3.63, 3.8) is 0 Å². The molecule has 9 nitrogen and oxygen atoms in total. The average molecular weight is 464 g/mol. The second-order valence-corrected chi connectivity index (χ2v) is 9.58. The summed E-state index contributed by atoms with van der Waals surface area (Å²) >= 11 is 2.78. The van der Waals surface area contributed by atoms with Crippen molar-refractivity contribution in [2.24, 2.45) is 5.92 Å². The van der Waals surface area contributed by atoms with E-state index in [-0.39, 0.29) is 36.7 Å². The Morgan fingerprint density at radius 2 is 2.06 bits per heavy atom. The number of hydrogen-bond donors (Lipinski definition) is 2. The molecule has 0 saturated heterocycles. The number of esters is 1. The summed E-state index contributed by atoms with van der Waals surface area (Å²) in [4.78, 5) is 48.1. The van der Waals surface area contributed by atoms with Crippen LogP contribution < -0.4 is 10.6 Å². The molecule has 31 heavy (non-hydrogen) atoms. The van der Waals surface area contributed by atoms with Gasteiger partial charge >= 0.3 is 5.97 Å². The van der Waals surface area contributed by atoms with Gasteiger partial charge in [0.05, 0.1) is 31.0 Å². The minimum absolute atomic E-state index is 0.0688. The van der Waals surface area contributed by atoms with Crippen LogP contribution in [0.4, 0.5) is 10.3 Å². The molecule has 0 unspecified atom stereocenters. The van der Waals surface area contributed by atoms with E-state index < -0.39 is 0 Å². The predicted molar refractivity (Wildman–Crippen MR) is 118 cm³/mol. The Bertz CT molecular complexity index is 969. The van der Waals surface area contributed by atoms with Crippen molar-refractivity contribution in [1.82, 2.24) is 14.9 Å². The lowest BCUT2D eigenvalue weighted by atomic mass is 9.85. The van der Waals surface area contributed by atoms with Crippen LogP contribution in [0.15, 0.2) is 5.38 Å². The van der Waals surface area contributed by atoms with Crippen LogP contribution in [0, 0.1) is 5.92 Å². The normalized spacial score (nSPS) is 16.3. The van der Waals surface area contributed by atoms with Crippen LogP contribution in [0.2, 0.25) is 0 Å². The fourth-order valence-corrected chi connectivity index (χ4v) is 5.26. The maximum absolute atomic E-state index is 12.4. The first-order valence-corrected chi connectivity index (χ1v) is 12.1. The van der Waals surface area contributed by atoms with Crippen molar-refractivity contribution >= 4 is 50.7 Å². The minimum atomic E-state index is -0.331. The van der Waals surface area contributed by atoms with Gasteiger partial charge in [0, 0.05) is 35.7 Å². The summed E-state index contributed by atoms with van der Waals surface area (Å²) in [7, 11) is 0. The second-order valence-electron chi connectivity index (χ2n) is 7.64. The van der Waals surface area contributed by atoms with E-state index in [0.717, 1.165) is 42.8 Å². The molecular formula is C20H25N5O4S2. The largest absolute Gasteiger partial charge is 0.466 e. The zero-order valence-electron chi connectivity index (χ0n) is 17.3. The fourth-order valence-electron chi connectivity index (χ4n) is 3.48. The van der Waals surface area contributed by atoms with E-state index >= 15 is 0 Å². The fraction of sp³-hybridized carbons (Fsp3) is 0.550. The van der Waals surface area contributed by atoms with Gasteiger partial charge in [-0.25, -0.2) is 9.97 Å². The maximum atomic E-state index is 12.4. The van der Waals surface area contributed by atoms with Gasteiger partial charge in [-0.1, -0.05) is 6.42 Å². The minimum Gasteiger partial charge on any atom is -0.466 e. The van der Waals surface area contributed by atoms with Crippen LogP contribution in [0.1, 0.15) is 42.5 Å². The van der Waals surface area contributed by atoms with Crippen molar-refractivity contribution in [2.75, 3.05) is 30.3 Å². The Labute approximate surface area is 188 Å². The molecule has 1 aliphatic carbocycles. The first kappa shape index (κ1) is 21.8. The number of nitrogens with one attached hydrogen (secondary N) is 2. The topological polar surface area (TPSA) is 114 Å². The van der Waals surface area contributed by atoms with Crippen LogP contribution in [0.25, 0.3) is 0 Å². The van der Waals surface area contributed by atoms with E-state index in [1.807, 2.05) is 0 Å². The van der Waals surface area contributed by atoms with Gasteiger partial charge in [0.1, 0.15) is 0 Å². The Kier molecular flexibility index (Phi) is 6.93. The highest BCUT2D eigenvalue weighted by molar-refractivity contribution is 7.16. The number of nitrogens with zero attached hydrogens (tertiary/aromatic N) is 3. The summed E-state index contributed by atoms with van der Waals surface area (Å²) in [6, 6.07) is 0. The smallest absolute Gasteiger partial charge is 0.311 e. The lowest BCUT2D eigenvalue weighted by Crippen LogP contribution is -2.36. The molecule has 0 bridgehead atoms. The Balaban J connectivity index is 1.26. The Morgan fingerprint density at radius 3 is 2.81 bits per heavy atom. The summed E-state index contributed by atoms with van der Waals surface area (Å²) in [6.45, 7) is 3.69. The molecule has 166 valence electrons. The highest BCUT2D eigenvalue weighted by atomic mass is 32.1. The molecule has 2 aromatic rings. The molecule has 11 heteroatoms. The van der Waals surface area contributed by atoms with Crippen molar-refractivity contribution in [3.05, 3.63) is 21.6 Å². The molecule has 3 heterocycles. The van der Waals surface area contributed by atoms with Gasteiger partial charge in [-0.15, -0.1) is 22.7 Å². The van der Waals surface area contributed by atoms with Gasteiger partial charge in [0.2, 0.25) is 11.8 Å². The molecular weight excluding hydrogens is 438 g/mol. The van der Waals surface area contributed by atoms with Gasteiger partial charge in [-0.3, -0.25) is 19.3 Å². The van der Waals surface area contributed by atoms with Crippen LogP contribution in [0.3, 0.4) is 0 Å². The zero-order chi connectivity index (χ0) is 21.8. The third-order valence-electron chi connectivity index (χ3n) is 5.31. The number of fused-ring (bicyclic) bond motifs is 1. The number of carbonyl (C=O) groups excluding carboxylic acids is 3. The lowest BCUT2D eigenvalue weighted by molar-refractivity contribution is -0.142. The first-order chi connectivity index (χ1) is 15.0. The standard InChI is InChI=1S/C20H25N5O4S2/c1-2-29-17(27)8-13-11-30-19(21-13)23-16(26)10-25-7-6-14-15(9-25)31-20(22-14)24-18(28)12-4-3-5-12/h11-12H,2-10H2,1H3,(H,21,23,26)(H,22,24,28). The summed E-state index contributed by atoms with van der Waals surface area (Å²) in [5, 5.41) is 8.62. The number of hydrogen-bond acceptors (Lipinski definition) is 9. The Hall–Kier alpha value is -2.37. The monoisotopic (exact) mass is 463 g/mol. The van der Waals surface area contributed by atoms with E-state index in [2.05, 4.69) is 25.5 Å². The number of thiazole rings is 2. The highest BCUT2D eigenvalue weighted by Gasteiger charge is 2.27. The van der Waals surface area contributed by atoms with Crippen LogP contribution >= 0.6 is 22.7 Å². The van der Waals surface area contributed by atoms with Crippen LogP contribution in [0.5, 0.6) is 0 Å². The van der Waals surface area contributed by atoms with E-state index in [1.54, 1.807) is 12.3 Å². The number of ether oxygens (including phenoxy) is 1. The summed E-state index contributed by atoms with van der Waals surface area (Å²) < 4.78 is 4.91. The third-order valence-corrected chi connectivity index (χ3v) is 7.12. The van der Waals surface area contributed by atoms with E-state index in [4.69, 9.17) is 4.74 Å². The predicted octanol–water partition coefficient (Wildman–Crippen LogP) is 2.44. The van der Waals surface area contributed by atoms with Gasteiger partial charge < -0.3 is 15.4 Å². The van der Waals surface area contributed by atoms with Gasteiger partial charge in [0.25, 0.3) is 0 Å². The van der Waals surface area contributed by atoms with Gasteiger partial charge in [0.15, 0.2) is 10.3 Å². The van der Waals surface area contributed by atoms with E-state index in [9.17, 15) is 14.4 Å². The van der Waals surface area contributed by atoms with Crippen LogP contribution in [-0.4, -0.2) is 52.3 Å². The molecule has 0 atom stereocenters. The SMILES string of the molecule is CCOC(=O)Cc1csc(NC(=O)CN2CCc3nc(NC(=O)C4CCC4)sc3C2)n1. The lowest BCUT2D eigenvalue weighted by Gasteiger charge is -2.24. The number of carbonyl (C=O) groups is 3. The summed E-state index contributed by atoms with van der Waals surface area (Å²) in [5.41, 5.74) is 1.59. The molecule has 0 aromatic carbocycles. The maximum Gasteiger partial charge on any atom is 0.311 e. The molecule has 0 spiro atoms. The van der Waals surface area contributed by atoms with Crippen molar-refractivity contribution in [3.8, 4) is 0 Å². The van der Waals surface area contributed by atoms with Crippen molar-refractivity contribution in [1.29, 1.82) is 0 Å². The molecule has 1 fully saturated rings. The molecule has 2 aromatic heterocycles. The molecule has 2 N–H and O–H groups in total. The molecule has 1 aliphatic heterocycles. The summed E-state index contributed by atoms with van der Waals surface area (Å²) in [5.74, 6) is -0.282. The summed E-state index contributed by atoms with van der Waals surface area (Å²) in [6.07, 6.45) is 3.89. The first-order valence-electron chi connectivity index (χ1n) is 10.4. The molecule has 0 radical (unpaired) electrons. The number of amides is 2. The molecule has 4 rings (SSSR count). The number of rotatable bonds is 8. The quantitative estimate of drug-likeness (QED) is 0.578. The van der Waals surface area contributed by atoms with Crippen molar-refractivity contribution < 1.29 is 19.1 Å². The molecule has 1 saturated carbocycles. The van der Waals surface area contributed by atoms with Gasteiger partial charge in [-0.2, -0.15) is 0 Å². The second kappa shape index (κ2) is 9.84. The average Bonchev–Trinajstić information content (AvgIpc) is 3.25.